The van der Waals surface area contributed by atoms with Crippen molar-refractivity contribution in [3.05, 3.63) is 42.6 Å². The van der Waals surface area contributed by atoms with E-state index in [1.807, 2.05) is 30.5 Å². The maximum absolute atomic E-state index is 4.18. The molecule has 0 unspecified atom stereocenters. The predicted octanol–water partition coefficient (Wildman–Crippen LogP) is 1.41. The Morgan fingerprint density at radius 3 is 2.33 bits per heavy atom. The maximum atomic E-state index is 4.18. The van der Waals surface area contributed by atoms with E-state index in [0.717, 1.165) is 5.52 Å². The first-order valence-electron chi connectivity index (χ1n) is 3.26. The van der Waals surface area contributed by atoms with Crippen molar-refractivity contribution >= 4 is 10.9 Å². The van der Waals surface area contributed by atoms with Crippen LogP contribution in [0, 0.1) is 0 Å². The number of aromatic nitrogens is 1. The first-order valence-corrected chi connectivity index (χ1v) is 3.26. The molecular formula is C9H9NOTi. The molecule has 2 rings (SSSR count). The van der Waals surface area contributed by atoms with Gasteiger partial charge in [0, 0.05) is 33.3 Å². The van der Waals surface area contributed by atoms with Crippen molar-refractivity contribution in [2.45, 2.75) is 0 Å². The largest absolute Gasteiger partial charge is 0.412 e. The minimum atomic E-state index is 0. The summed E-state index contributed by atoms with van der Waals surface area (Å²) < 4.78 is 0. The van der Waals surface area contributed by atoms with Gasteiger partial charge in [-0.3, -0.25) is 4.98 Å². The second kappa shape index (κ2) is 5.04. The van der Waals surface area contributed by atoms with Gasteiger partial charge in [0.25, 0.3) is 0 Å². The van der Waals surface area contributed by atoms with E-state index in [9.17, 15) is 0 Å². The summed E-state index contributed by atoms with van der Waals surface area (Å²) in [5.41, 5.74) is 1.06. The van der Waals surface area contributed by atoms with Gasteiger partial charge in [-0.1, -0.05) is 24.3 Å². The van der Waals surface area contributed by atoms with Crippen molar-refractivity contribution in [3.63, 3.8) is 0 Å². The van der Waals surface area contributed by atoms with Gasteiger partial charge in [-0.05, 0) is 12.1 Å². The Kier molecular flexibility index (Phi) is 4.75. The molecule has 1 aromatic carbocycles. The first-order chi connectivity index (χ1) is 4.97. The van der Waals surface area contributed by atoms with Gasteiger partial charge in [-0.25, -0.2) is 0 Å². The van der Waals surface area contributed by atoms with Crippen LogP contribution in [0.5, 0.6) is 0 Å². The van der Waals surface area contributed by atoms with E-state index < -0.39 is 0 Å². The maximum Gasteiger partial charge on any atom is 0.0701 e. The summed E-state index contributed by atoms with van der Waals surface area (Å²) in [6.45, 7) is 0. The van der Waals surface area contributed by atoms with Crippen molar-refractivity contribution in [1.82, 2.24) is 4.98 Å². The number of pyridine rings is 1. The molecule has 1 aromatic heterocycles. The standard InChI is InChI=1S/C9H7N.H2O.Ti/c1-2-6-9-8(4-1)5-3-7-10-9;;/h1-7H;1H2;. The molecule has 2 nitrogen and oxygen atoms in total. The molecule has 0 spiro atoms. The van der Waals surface area contributed by atoms with E-state index in [1.54, 1.807) is 0 Å². The number of hydrogen-bond donors (Lipinski definition) is 0. The van der Waals surface area contributed by atoms with Crippen LogP contribution in [0.3, 0.4) is 0 Å². The number of hydrogen-bond acceptors (Lipinski definition) is 1. The van der Waals surface area contributed by atoms with Crippen LogP contribution in [0.2, 0.25) is 0 Å². The molecule has 0 aliphatic carbocycles. The van der Waals surface area contributed by atoms with Crippen molar-refractivity contribution < 1.29 is 27.2 Å². The van der Waals surface area contributed by atoms with Gasteiger partial charge in [0.05, 0.1) is 5.52 Å². The van der Waals surface area contributed by atoms with E-state index in [0.29, 0.717) is 0 Å². The molecule has 0 radical (unpaired) electrons. The fraction of sp³-hybridized carbons (Fsp3) is 0. The van der Waals surface area contributed by atoms with Crippen molar-refractivity contribution in [2.75, 3.05) is 0 Å². The molecule has 1 heterocycles. The molecule has 0 saturated carbocycles. The van der Waals surface area contributed by atoms with Gasteiger partial charge in [0.1, 0.15) is 0 Å². The minimum Gasteiger partial charge on any atom is -0.412 e. The Morgan fingerprint density at radius 2 is 1.58 bits per heavy atom. The topological polar surface area (TPSA) is 44.4 Å². The van der Waals surface area contributed by atoms with Gasteiger partial charge < -0.3 is 5.48 Å². The number of nitrogens with zero attached hydrogens (tertiary/aromatic N) is 1. The second-order valence-electron chi connectivity index (χ2n) is 2.20. The Labute approximate surface area is 85.8 Å². The SMILES string of the molecule is O.[Ti].c1ccc2ncccc2c1. The Morgan fingerprint density at radius 1 is 0.917 bits per heavy atom. The molecule has 60 valence electrons. The molecule has 0 amide bonds. The van der Waals surface area contributed by atoms with Crippen molar-refractivity contribution in [1.29, 1.82) is 0 Å². The Hall–Kier alpha value is -0.696. The number of rotatable bonds is 0. The fourth-order valence-corrected chi connectivity index (χ4v) is 1.02. The monoisotopic (exact) mass is 195 g/mol. The molecule has 3 heteroatoms. The van der Waals surface area contributed by atoms with Crippen LogP contribution in [0.1, 0.15) is 0 Å². The summed E-state index contributed by atoms with van der Waals surface area (Å²) in [7, 11) is 0. The average Bonchev–Trinajstić information content (AvgIpc) is 2.05. The number of fused-ring (bicyclic) bond motifs is 1. The average molecular weight is 195 g/mol. The van der Waals surface area contributed by atoms with E-state index in [1.165, 1.54) is 5.39 Å². The summed E-state index contributed by atoms with van der Waals surface area (Å²) in [5.74, 6) is 0. The summed E-state index contributed by atoms with van der Waals surface area (Å²) in [6, 6.07) is 12.1. The van der Waals surface area contributed by atoms with E-state index in [4.69, 9.17) is 0 Å². The first kappa shape index (κ1) is 11.3. The van der Waals surface area contributed by atoms with E-state index in [2.05, 4.69) is 17.1 Å². The van der Waals surface area contributed by atoms with Crippen LogP contribution in [-0.2, 0) is 21.7 Å². The zero-order valence-electron chi connectivity index (χ0n) is 6.49. The Bertz CT molecular complexity index is 286. The molecule has 0 aliphatic rings. The van der Waals surface area contributed by atoms with Gasteiger partial charge >= 0.3 is 0 Å². The summed E-state index contributed by atoms with van der Waals surface area (Å²) >= 11 is 0. The molecular weight excluding hydrogens is 186 g/mol. The summed E-state index contributed by atoms with van der Waals surface area (Å²) in [6.07, 6.45) is 1.81. The normalized spacial score (nSPS) is 8.33. The van der Waals surface area contributed by atoms with Crippen LogP contribution in [0.4, 0.5) is 0 Å². The smallest absolute Gasteiger partial charge is 0.0701 e. The predicted molar refractivity (Wildman–Crippen MR) is 45.4 cm³/mol. The second-order valence-corrected chi connectivity index (χ2v) is 2.20. The van der Waals surface area contributed by atoms with Gasteiger partial charge in [-0.2, -0.15) is 0 Å². The van der Waals surface area contributed by atoms with Crippen LogP contribution in [0.15, 0.2) is 42.6 Å². The van der Waals surface area contributed by atoms with Gasteiger partial charge in [-0.15, -0.1) is 0 Å². The zero-order valence-corrected chi connectivity index (χ0v) is 8.05. The Balaban J connectivity index is 0.000000605. The van der Waals surface area contributed by atoms with E-state index >= 15 is 0 Å². The third kappa shape index (κ3) is 2.14. The quantitative estimate of drug-likeness (QED) is 0.586. The molecule has 2 N–H and O–H groups in total. The van der Waals surface area contributed by atoms with Crippen LogP contribution >= 0.6 is 0 Å². The van der Waals surface area contributed by atoms with E-state index in [-0.39, 0.29) is 27.2 Å². The van der Waals surface area contributed by atoms with Crippen LogP contribution in [-0.4, -0.2) is 10.5 Å². The molecule has 0 atom stereocenters. The summed E-state index contributed by atoms with van der Waals surface area (Å²) in [4.78, 5) is 4.18. The minimum absolute atomic E-state index is 0. The molecule has 0 bridgehead atoms. The van der Waals surface area contributed by atoms with Crippen LogP contribution < -0.4 is 0 Å². The van der Waals surface area contributed by atoms with Crippen molar-refractivity contribution in [3.8, 4) is 0 Å². The molecule has 2 aromatic rings. The molecule has 0 saturated heterocycles. The van der Waals surface area contributed by atoms with Crippen LogP contribution in [0.25, 0.3) is 10.9 Å². The third-order valence-corrected chi connectivity index (χ3v) is 1.51. The van der Waals surface area contributed by atoms with Crippen molar-refractivity contribution in [2.24, 2.45) is 0 Å². The van der Waals surface area contributed by atoms with Gasteiger partial charge in [0.2, 0.25) is 0 Å². The number of benzene rings is 1. The zero-order chi connectivity index (χ0) is 6.81. The number of para-hydroxylation sites is 1. The third-order valence-electron chi connectivity index (χ3n) is 1.51. The molecule has 0 fully saturated rings. The fourth-order valence-electron chi connectivity index (χ4n) is 1.02. The van der Waals surface area contributed by atoms with Gasteiger partial charge in [0.15, 0.2) is 0 Å². The summed E-state index contributed by atoms with van der Waals surface area (Å²) in [5, 5.41) is 1.20. The molecule has 0 aliphatic heterocycles. The molecule has 12 heavy (non-hydrogen) atoms.